The van der Waals surface area contributed by atoms with Crippen LogP contribution in [0.1, 0.15) is 12.0 Å². The zero-order chi connectivity index (χ0) is 12.0. The van der Waals surface area contributed by atoms with Gasteiger partial charge in [-0.1, -0.05) is 17.4 Å². The Morgan fingerprint density at radius 1 is 1.35 bits per heavy atom. The van der Waals surface area contributed by atoms with E-state index in [0.29, 0.717) is 5.13 Å². The minimum absolute atomic E-state index is 0.00888. The van der Waals surface area contributed by atoms with Crippen molar-refractivity contribution < 1.29 is 9.59 Å². The highest BCUT2D eigenvalue weighted by atomic mass is 32.1. The summed E-state index contributed by atoms with van der Waals surface area (Å²) in [5, 5.41) is 0.626. The number of thiazole rings is 1. The van der Waals surface area contributed by atoms with Crippen molar-refractivity contribution in [2.24, 2.45) is 0 Å². The molecular weight excluding hydrogens is 236 g/mol. The number of carbonyl (C=O) groups excluding carboxylic acids is 2. The Balaban J connectivity index is 2.06. The third kappa shape index (κ3) is 1.72. The molecule has 0 unspecified atom stereocenters. The monoisotopic (exact) mass is 246 g/mol. The van der Waals surface area contributed by atoms with Gasteiger partial charge in [0.2, 0.25) is 5.91 Å². The van der Waals surface area contributed by atoms with Crippen LogP contribution >= 0.6 is 11.3 Å². The number of hydrogen-bond acceptors (Lipinski definition) is 4. The Hall–Kier alpha value is -1.75. The highest BCUT2D eigenvalue weighted by Gasteiger charge is 2.30. The lowest BCUT2D eigenvalue weighted by atomic mass is 10.2. The Labute approximate surface area is 102 Å². The number of fused-ring (bicyclic) bond motifs is 1. The number of ketones is 1. The van der Waals surface area contributed by atoms with Crippen LogP contribution in [0.25, 0.3) is 10.2 Å². The summed E-state index contributed by atoms with van der Waals surface area (Å²) in [6.45, 7) is 2.18. The number of aromatic nitrogens is 1. The molecule has 0 radical (unpaired) electrons. The summed E-state index contributed by atoms with van der Waals surface area (Å²) in [5.41, 5.74) is 2.04. The maximum Gasteiger partial charge on any atom is 0.236 e. The van der Waals surface area contributed by atoms with Crippen molar-refractivity contribution >= 4 is 38.4 Å². The minimum Gasteiger partial charge on any atom is -0.297 e. The van der Waals surface area contributed by atoms with Crippen molar-refractivity contribution in [1.82, 2.24) is 4.98 Å². The van der Waals surface area contributed by atoms with Gasteiger partial charge in [-0.25, -0.2) is 4.98 Å². The number of benzene rings is 1. The van der Waals surface area contributed by atoms with Gasteiger partial charge in [-0.3, -0.25) is 14.5 Å². The molecule has 1 amide bonds. The van der Waals surface area contributed by atoms with E-state index in [1.54, 1.807) is 0 Å². The molecule has 1 fully saturated rings. The van der Waals surface area contributed by atoms with Gasteiger partial charge in [0, 0.05) is 0 Å². The van der Waals surface area contributed by atoms with E-state index >= 15 is 0 Å². The highest BCUT2D eigenvalue weighted by molar-refractivity contribution is 7.22. The number of amides is 1. The van der Waals surface area contributed by atoms with E-state index in [1.807, 2.05) is 25.1 Å². The molecular formula is C12H10N2O2S. The van der Waals surface area contributed by atoms with E-state index in [1.165, 1.54) is 16.2 Å². The lowest BCUT2D eigenvalue weighted by Gasteiger charge is -2.08. The zero-order valence-corrected chi connectivity index (χ0v) is 10.1. The largest absolute Gasteiger partial charge is 0.297 e. The molecule has 1 aromatic carbocycles. The molecule has 0 N–H and O–H groups in total. The van der Waals surface area contributed by atoms with Crippen molar-refractivity contribution in [3.05, 3.63) is 23.8 Å². The van der Waals surface area contributed by atoms with Crippen molar-refractivity contribution in [2.45, 2.75) is 13.3 Å². The summed E-state index contributed by atoms with van der Waals surface area (Å²) < 4.78 is 1.05. The van der Waals surface area contributed by atoms with E-state index in [2.05, 4.69) is 4.98 Å². The van der Waals surface area contributed by atoms with Crippen LogP contribution in [0.2, 0.25) is 0 Å². The molecule has 4 nitrogen and oxygen atoms in total. The quantitative estimate of drug-likeness (QED) is 0.722. The second-order valence-electron chi connectivity index (χ2n) is 4.16. The van der Waals surface area contributed by atoms with Crippen LogP contribution in [0, 0.1) is 6.92 Å². The van der Waals surface area contributed by atoms with E-state index in [9.17, 15) is 9.59 Å². The lowest BCUT2D eigenvalue weighted by Crippen LogP contribution is -2.24. The first-order chi connectivity index (χ1) is 8.13. The van der Waals surface area contributed by atoms with Gasteiger partial charge in [0.1, 0.15) is 0 Å². The van der Waals surface area contributed by atoms with Crippen LogP contribution in [-0.2, 0) is 9.59 Å². The molecule has 17 heavy (non-hydrogen) atoms. The summed E-state index contributed by atoms with van der Waals surface area (Å²) in [7, 11) is 0. The lowest BCUT2D eigenvalue weighted by molar-refractivity contribution is -0.121. The van der Waals surface area contributed by atoms with Gasteiger partial charge in [-0.2, -0.15) is 0 Å². The van der Waals surface area contributed by atoms with Crippen molar-refractivity contribution in [2.75, 3.05) is 11.4 Å². The number of rotatable bonds is 1. The van der Waals surface area contributed by atoms with Crippen molar-refractivity contribution in [3.8, 4) is 0 Å². The van der Waals surface area contributed by atoms with Gasteiger partial charge >= 0.3 is 0 Å². The SMILES string of the molecule is Cc1ccc2nc(N3CC(=O)CC3=O)sc2c1. The fraction of sp³-hybridized carbons (Fsp3) is 0.250. The Morgan fingerprint density at radius 3 is 2.88 bits per heavy atom. The van der Waals surface area contributed by atoms with Crippen molar-refractivity contribution in [3.63, 3.8) is 0 Å². The van der Waals surface area contributed by atoms with Crippen LogP contribution in [0.3, 0.4) is 0 Å². The van der Waals surface area contributed by atoms with E-state index < -0.39 is 0 Å². The van der Waals surface area contributed by atoms with E-state index in [-0.39, 0.29) is 24.7 Å². The topological polar surface area (TPSA) is 50.3 Å². The number of nitrogens with zero attached hydrogens (tertiary/aromatic N) is 2. The molecule has 0 saturated carbocycles. The van der Waals surface area contributed by atoms with Gasteiger partial charge in [0.25, 0.3) is 0 Å². The molecule has 0 atom stereocenters. The average Bonchev–Trinajstić information content (AvgIpc) is 2.80. The van der Waals surface area contributed by atoms with Crippen molar-refractivity contribution in [1.29, 1.82) is 0 Å². The number of Topliss-reactive ketones (excluding diaryl/α,β-unsaturated/α-hetero) is 1. The Morgan fingerprint density at radius 2 is 2.18 bits per heavy atom. The number of hydrogen-bond donors (Lipinski definition) is 0. The summed E-state index contributed by atoms with van der Waals surface area (Å²) in [4.78, 5) is 28.7. The van der Waals surface area contributed by atoms with Gasteiger partial charge in [0.15, 0.2) is 10.9 Å². The van der Waals surface area contributed by atoms with Gasteiger partial charge in [-0.15, -0.1) is 0 Å². The normalized spacial score (nSPS) is 16.2. The molecule has 5 heteroatoms. The predicted octanol–water partition coefficient (Wildman–Crippen LogP) is 1.91. The molecule has 1 aliphatic rings. The molecule has 1 aliphatic heterocycles. The fourth-order valence-electron chi connectivity index (χ4n) is 1.89. The first kappa shape index (κ1) is 10.4. The highest BCUT2D eigenvalue weighted by Crippen LogP contribution is 2.31. The van der Waals surface area contributed by atoms with Crippen LogP contribution < -0.4 is 4.90 Å². The summed E-state index contributed by atoms with van der Waals surface area (Å²) in [6.07, 6.45) is 0.00888. The average molecular weight is 246 g/mol. The maximum atomic E-state index is 11.6. The Kier molecular flexibility index (Phi) is 2.22. The Bertz CT molecular complexity index is 632. The molecule has 1 saturated heterocycles. The number of aryl methyl sites for hydroxylation is 1. The predicted molar refractivity (Wildman–Crippen MR) is 66.3 cm³/mol. The molecule has 2 heterocycles. The second kappa shape index (κ2) is 3.63. The van der Waals surface area contributed by atoms with Crippen LogP contribution in [0.4, 0.5) is 5.13 Å². The standard InChI is InChI=1S/C12H10N2O2S/c1-7-2-3-9-10(4-7)17-12(13-9)14-6-8(15)5-11(14)16/h2-4H,5-6H2,1H3. The first-order valence-electron chi connectivity index (χ1n) is 5.33. The molecule has 0 bridgehead atoms. The molecule has 3 rings (SSSR count). The maximum absolute atomic E-state index is 11.6. The summed E-state index contributed by atoms with van der Waals surface area (Å²) in [5.74, 6) is -0.184. The van der Waals surface area contributed by atoms with E-state index in [0.717, 1.165) is 15.8 Å². The molecule has 0 aliphatic carbocycles. The third-order valence-electron chi connectivity index (χ3n) is 2.75. The summed E-state index contributed by atoms with van der Waals surface area (Å²) >= 11 is 1.46. The van der Waals surface area contributed by atoms with E-state index in [4.69, 9.17) is 0 Å². The molecule has 1 aromatic heterocycles. The molecule has 86 valence electrons. The van der Waals surface area contributed by atoms with Gasteiger partial charge in [0.05, 0.1) is 23.2 Å². The second-order valence-corrected chi connectivity index (χ2v) is 5.17. The van der Waals surface area contributed by atoms with Gasteiger partial charge < -0.3 is 0 Å². The van der Waals surface area contributed by atoms with Crippen LogP contribution in [0.15, 0.2) is 18.2 Å². The minimum atomic E-state index is -0.147. The van der Waals surface area contributed by atoms with Crippen LogP contribution in [0.5, 0.6) is 0 Å². The first-order valence-corrected chi connectivity index (χ1v) is 6.14. The third-order valence-corrected chi connectivity index (χ3v) is 3.79. The summed E-state index contributed by atoms with van der Waals surface area (Å²) in [6, 6.07) is 5.97. The zero-order valence-electron chi connectivity index (χ0n) is 9.27. The fourth-order valence-corrected chi connectivity index (χ4v) is 2.97. The smallest absolute Gasteiger partial charge is 0.236 e. The molecule has 2 aromatic rings. The van der Waals surface area contributed by atoms with Gasteiger partial charge in [-0.05, 0) is 24.6 Å². The molecule has 0 spiro atoms. The number of anilines is 1. The van der Waals surface area contributed by atoms with Crippen LogP contribution in [-0.4, -0.2) is 23.2 Å². The number of carbonyl (C=O) groups is 2.